The number of imide groups is 1. The first-order valence-corrected chi connectivity index (χ1v) is 10.4. The standard InChI is InChI=1S/C22H22N2O4S/c25-21-20(29-22(26)24(21)16-23-10-12-27-13-11-23)14-18-8-4-5-9-19(18)28-15-17-6-2-1-3-7-17/h1-9,14H,10-13,15-16H2/p+1/b20-14+. The second-order valence-corrected chi connectivity index (χ2v) is 7.94. The van der Waals surface area contributed by atoms with Gasteiger partial charge in [-0.05, 0) is 29.5 Å². The molecule has 7 heteroatoms. The van der Waals surface area contributed by atoms with E-state index in [0.717, 1.165) is 36.0 Å². The van der Waals surface area contributed by atoms with E-state index >= 15 is 0 Å². The molecule has 2 aromatic rings. The van der Waals surface area contributed by atoms with Gasteiger partial charge in [0.15, 0.2) is 6.67 Å². The third kappa shape index (κ3) is 4.87. The fourth-order valence-electron chi connectivity index (χ4n) is 3.29. The van der Waals surface area contributed by atoms with E-state index in [2.05, 4.69) is 0 Å². The zero-order valence-corrected chi connectivity index (χ0v) is 16.8. The molecule has 0 spiro atoms. The van der Waals surface area contributed by atoms with Crippen molar-refractivity contribution < 1.29 is 24.0 Å². The average Bonchev–Trinajstić information content (AvgIpc) is 3.02. The number of benzene rings is 2. The van der Waals surface area contributed by atoms with E-state index in [1.165, 1.54) is 9.80 Å². The largest absolute Gasteiger partial charge is 0.488 e. The Balaban J connectivity index is 1.47. The van der Waals surface area contributed by atoms with Crippen molar-refractivity contribution in [3.63, 3.8) is 0 Å². The monoisotopic (exact) mass is 411 g/mol. The predicted octanol–water partition coefficient (Wildman–Crippen LogP) is 2.17. The first-order chi connectivity index (χ1) is 14.2. The molecule has 2 aromatic carbocycles. The Bertz CT molecular complexity index is 910. The summed E-state index contributed by atoms with van der Waals surface area (Å²) in [5, 5.41) is -0.220. The highest BCUT2D eigenvalue weighted by molar-refractivity contribution is 8.18. The van der Waals surface area contributed by atoms with Crippen LogP contribution in [0.2, 0.25) is 0 Å². The molecule has 0 aromatic heterocycles. The van der Waals surface area contributed by atoms with Crippen LogP contribution in [0.4, 0.5) is 4.79 Å². The van der Waals surface area contributed by atoms with Crippen molar-refractivity contribution in [3.05, 3.63) is 70.6 Å². The molecule has 0 atom stereocenters. The maximum Gasteiger partial charge on any atom is 0.298 e. The molecule has 1 N–H and O–H groups in total. The van der Waals surface area contributed by atoms with Crippen molar-refractivity contribution in [2.75, 3.05) is 33.0 Å². The number of rotatable bonds is 6. The van der Waals surface area contributed by atoms with E-state index in [4.69, 9.17) is 9.47 Å². The fourth-order valence-corrected chi connectivity index (χ4v) is 4.12. The Morgan fingerprint density at radius 2 is 1.76 bits per heavy atom. The second-order valence-electron chi connectivity index (χ2n) is 6.94. The molecule has 0 radical (unpaired) electrons. The Kier molecular flexibility index (Phi) is 6.29. The van der Waals surface area contributed by atoms with Gasteiger partial charge in [0.2, 0.25) is 0 Å². The summed E-state index contributed by atoms with van der Waals surface area (Å²) in [6, 6.07) is 17.5. The summed E-state index contributed by atoms with van der Waals surface area (Å²) in [7, 11) is 0. The van der Waals surface area contributed by atoms with Crippen molar-refractivity contribution in [2.24, 2.45) is 0 Å². The molecule has 4 rings (SSSR count). The molecular weight excluding hydrogens is 388 g/mol. The summed E-state index contributed by atoms with van der Waals surface area (Å²) in [5.41, 5.74) is 1.85. The number of amides is 2. The summed E-state index contributed by atoms with van der Waals surface area (Å²) < 4.78 is 11.3. The van der Waals surface area contributed by atoms with Gasteiger partial charge in [0.25, 0.3) is 11.1 Å². The number of ether oxygens (including phenoxy) is 2. The fraction of sp³-hybridized carbons (Fsp3) is 0.273. The van der Waals surface area contributed by atoms with Gasteiger partial charge in [-0.1, -0.05) is 48.5 Å². The van der Waals surface area contributed by atoms with E-state index in [1.807, 2.05) is 54.6 Å². The minimum atomic E-state index is -0.239. The van der Waals surface area contributed by atoms with Gasteiger partial charge in [-0.15, -0.1) is 0 Å². The van der Waals surface area contributed by atoms with E-state index in [1.54, 1.807) is 6.08 Å². The smallest absolute Gasteiger partial charge is 0.298 e. The molecule has 2 fully saturated rings. The van der Waals surface area contributed by atoms with Gasteiger partial charge in [0.05, 0.1) is 18.1 Å². The molecule has 2 heterocycles. The van der Waals surface area contributed by atoms with E-state index in [9.17, 15) is 9.59 Å². The van der Waals surface area contributed by atoms with Crippen LogP contribution in [0.25, 0.3) is 6.08 Å². The minimum absolute atomic E-state index is 0.220. The van der Waals surface area contributed by atoms with Crippen molar-refractivity contribution in [2.45, 2.75) is 6.61 Å². The lowest BCUT2D eigenvalue weighted by molar-refractivity contribution is -0.915. The highest BCUT2D eigenvalue weighted by Crippen LogP contribution is 2.33. The van der Waals surface area contributed by atoms with Crippen LogP contribution in [0.3, 0.4) is 0 Å². The number of hydrogen-bond donors (Lipinski definition) is 1. The van der Waals surface area contributed by atoms with Crippen molar-refractivity contribution in [3.8, 4) is 5.75 Å². The molecule has 29 heavy (non-hydrogen) atoms. The first-order valence-electron chi connectivity index (χ1n) is 9.63. The zero-order valence-electron chi connectivity index (χ0n) is 16.0. The van der Waals surface area contributed by atoms with E-state index in [0.29, 0.717) is 37.1 Å². The lowest BCUT2D eigenvalue weighted by atomic mass is 10.1. The van der Waals surface area contributed by atoms with E-state index < -0.39 is 0 Å². The van der Waals surface area contributed by atoms with Crippen LogP contribution in [0.1, 0.15) is 11.1 Å². The second kappa shape index (κ2) is 9.26. The van der Waals surface area contributed by atoms with Gasteiger partial charge in [-0.3, -0.25) is 9.59 Å². The highest BCUT2D eigenvalue weighted by Gasteiger charge is 2.37. The molecule has 2 aliphatic heterocycles. The number of thioether (sulfide) groups is 1. The van der Waals surface area contributed by atoms with Gasteiger partial charge in [-0.2, -0.15) is 0 Å². The number of quaternary nitrogens is 1. The average molecular weight is 412 g/mol. The Hall–Kier alpha value is -2.61. The molecular formula is C22H23N2O4S+. The van der Waals surface area contributed by atoms with Crippen LogP contribution >= 0.6 is 11.8 Å². The number of carbonyl (C=O) groups excluding carboxylic acids is 2. The predicted molar refractivity (Wildman–Crippen MR) is 111 cm³/mol. The molecule has 2 saturated heterocycles. The number of hydrogen-bond acceptors (Lipinski definition) is 5. The third-order valence-corrected chi connectivity index (χ3v) is 5.81. The van der Waals surface area contributed by atoms with Crippen LogP contribution in [0.15, 0.2) is 59.5 Å². The summed E-state index contributed by atoms with van der Waals surface area (Å²) in [6.07, 6.45) is 1.75. The van der Waals surface area contributed by atoms with Crippen LogP contribution < -0.4 is 9.64 Å². The number of carbonyl (C=O) groups is 2. The number of para-hydroxylation sites is 1. The number of morpholine rings is 1. The molecule has 0 saturated carbocycles. The maximum atomic E-state index is 12.8. The highest BCUT2D eigenvalue weighted by atomic mass is 32.2. The van der Waals surface area contributed by atoms with Crippen LogP contribution in [-0.2, 0) is 16.1 Å². The molecule has 150 valence electrons. The van der Waals surface area contributed by atoms with E-state index in [-0.39, 0.29) is 11.1 Å². The van der Waals surface area contributed by atoms with Gasteiger partial charge >= 0.3 is 0 Å². The van der Waals surface area contributed by atoms with Crippen LogP contribution in [-0.4, -0.2) is 49.0 Å². The number of nitrogens with zero attached hydrogens (tertiary/aromatic N) is 1. The quantitative estimate of drug-likeness (QED) is 0.739. The molecule has 0 aliphatic carbocycles. The van der Waals surface area contributed by atoms with Gasteiger partial charge in [-0.25, -0.2) is 4.90 Å². The Morgan fingerprint density at radius 1 is 1.03 bits per heavy atom. The van der Waals surface area contributed by atoms with Gasteiger partial charge < -0.3 is 14.4 Å². The normalized spacial score (nSPS) is 19.2. The third-order valence-electron chi connectivity index (χ3n) is 4.90. The van der Waals surface area contributed by atoms with Crippen molar-refractivity contribution >= 4 is 29.0 Å². The van der Waals surface area contributed by atoms with Gasteiger partial charge in [0, 0.05) is 5.56 Å². The number of nitrogens with one attached hydrogen (secondary N) is 1. The lowest BCUT2D eigenvalue weighted by Crippen LogP contribution is -3.15. The lowest BCUT2D eigenvalue weighted by Gasteiger charge is -2.26. The zero-order chi connectivity index (χ0) is 20.1. The first kappa shape index (κ1) is 19.7. The Morgan fingerprint density at radius 3 is 2.55 bits per heavy atom. The molecule has 6 nitrogen and oxygen atoms in total. The topological polar surface area (TPSA) is 60.3 Å². The molecule has 0 unspecified atom stereocenters. The SMILES string of the molecule is O=C1S/C(=C/c2ccccc2OCc2ccccc2)C(=O)N1C[NH+]1CCOCC1. The van der Waals surface area contributed by atoms with Crippen molar-refractivity contribution in [1.29, 1.82) is 0 Å². The summed E-state index contributed by atoms with van der Waals surface area (Å²) >= 11 is 0.987. The van der Waals surface area contributed by atoms with Crippen LogP contribution in [0.5, 0.6) is 5.75 Å². The summed E-state index contributed by atoms with van der Waals surface area (Å²) in [6.45, 7) is 3.75. The van der Waals surface area contributed by atoms with Gasteiger partial charge in [0.1, 0.15) is 25.4 Å². The summed E-state index contributed by atoms with van der Waals surface area (Å²) in [5.74, 6) is 0.443. The molecule has 0 bridgehead atoms. The molecule has 2 aliphatic rings. The minimum Gasteiger partial charge on any atom is -0.488 e. The van der Waals surface area contributed by atoms with Crippen LogP contribution in [0, 0.1) is 0 Å². The Labute approximate surface area is 174 Å². The summed E-state index contributed by atoms with van der Waals surface area (Å²) in [4.78, 5) is 28.2. The molecule has 2 amide bonds. The van der Waals surface area contributed by atoms with Crippen molar-refractivity contribution in [1.82, 2.24) is 4.90 Å². The maximum absolute atomic E-state index is 12.8.